The molecule has 0 atom stereocenters. The monoisotopic (exact) mass is 444 g/mol. The van der Waals surface area contributed by atoms with Crippen LogP contribution in [0.1, 0.15) is 16.7 Å². The van der Waals surface area contributed by atoms with Gasteiger partial charge in [0.25, 0.3) is 11.8 Å². The van der Waals surface area contributed by atoms with Crippen molar-refractivity contribution in [2.24, 2.45) is 0 Å². The molecule has 2 amide bonds. The van der Waals surface area contributed by atoms with E-state index in [9.17, 15) is 14.0 Å². The predicted octanol–water partition coefficient (Wildman–Crippen LogP) is 4.61. The quantitative estimate of drug-likeness (QED) is 0.596. The molecule has 3 aromatic carbocycles. The summed E-state index contributed by atoms with van der Waals surface area (Å²) in [7, 11) is 0. The fraction of sp³-hybridized carbons (Fsp3) is 0.154. The van der Waals surface area contributed by atoms with E-state index in [1.807, 2.05) is 26.0 Å². The highest BCUT2D eigenvalue weighted by atomic mass is 19.1. The van der Waals surface area contributed by atoms with Crippen LogP contribution in [-0.2, 0) is 9.59 Å². The minimum Gasteiger partial charge on any atom is -0.486 e. The van der Waals surface area contributed by atoms with E-state index in [1.54, 1.807) is 24.3 Å². The van der Waals surface area contributed by atoms with Gasteiger partial charge in [0.1, 0.15) is 24.7 Å². The maximum absolute atomic E-state index is 13.6. The Kier molecular flexibility index (Phi) is 5.09. The van der Waals surface area contributed by atoms with Crippen LogP contribution in [0.15, 0.2) is 66.4 Å². The lowest BCUT2D eigenvalue weighted by molar-refractivity contribution is -0.120. The summed E-state index contributed by atoms with van der Waals surface area (Å²) in [6.45, 7) is 4.70. The Morgan fingerprint density at radius 3 is 2.30 bits per heavy atom. The molecule has 0 saturated heterocycles. The SMILES string of the molecule is Cc1ccc(N2C(=O)C(Nc3ccc4c(c3)OCCO4)=C(c3ccc(F)cc3)C2=O)c(C)c1. The molecule has 0 spiro atoms. The summed E-state index contributed by atoms with van der Waals surface area (Å²) in [5, 5.41) is 3.10. The second-order valence-electron chi connectivity index (χ2n) is 7.98. The second kappa shape index (κ2) is 8.09. The van der Waals surface area contributed by atoms with E-state index in [-0.39, 0.29) is 11.3 Å². The zero-order chi connectivity index (χ0) is 23.1. The summed E-state index contributed by atoms with van der Waals surface area (Å²) in [5.74, 6) is -0.216. The molecule has 0 fully saturated rings. The van der Waals surface area contributed by atoms with E-state index in [4.69, 9.17) is 9.47 Å². The van der Waals surface area contributed by atoms with Gasteiger partial charge in [0.15, 0.2) is 11.5 Å². The van der Waals surface area contributed by atoms with E-state index in [0.717, 1.165) is 16.0 Å². The number of rotatable bonds is 4. The van der Waals surface area contributed by atoms with E-state index < -0.39 is 17.6 Å². The van der Waals surface area contributed by atoms with Gasteiger partial charge in [-0.3, -0.25) is 9.59 Å². The van der Waals surface area contributed by atoms with Gasteiger partial charge < -0.3 is 14.8 Å². The maximum atomic E-state index is 13.6. The third kappa shape index (κ3) is 3.71. The molecule has 0 bridgehead atoms. The smallest absolute Gasteiger partial charge is 0.282 e. The molecule has 6 nitrogen and oxygen atoms in total. The third-order valence-corrected chi connectivity index (χ3v) is 5.62. The summed E-state index contributed by atoms with van der Waals surface area (Å²) < 4.78 is 24.8. The van der Waals surface area contributed by atoms with Gasteiger partial charge in [-0.05, 0) is 55.3 Å². The number of carbonyl (C=O) groups excluding carboxylic acids is 2. The number of nitrogens with zero attached hydrogens (tertiary/aromatic N) is 1. The lowest BCUT2D eigenvalue weighted by Gasteiger charge is -2.20. The number of nitrogens with one attached hydrogen (secondary N) is 1. The molecule has 5 rings (SSSR count). The highest BCUT2D eigenvalue weighted by Gasteiger charge is 2.41. The molecular weight excluding hydrogens is 423 g/mol. The van der Waals surface area contributed by atoms with Crippen molar-refractivity contribution < 1.29 is 23.5 Å². The minimum atomic E-state index is -0.485. The van der Waals surface area contributed by atoms with E-state index in [1.165, 1.54) is 24.3 Å². The molecule has 166 valence electrons. The van der Waals surface area contributed by atoms with Crippen molar-refractivity contribution in [3.63, 3.8) is 0 Å². The average molecular weight is 444 g/mol. The molecule has 2 aliphatic rings. The number of anilines is 2. The number of imide groups is 1. The van der Waals surface area contributed by atoms with Crippen LogP contribution in [-0.4, -0.2) is 25.0 Å². The van der Waals surface area contributed by atoms with Gasteiger partial charge in [-0.1, -0.05) is 29.8 Å². The Balaban J connectivity index is 1.59. The molecule has 0 saturated carbocycles. The number of amides is 2. The first-order chi connectivity index (χ1) is 15.9. The van der Waals surface area contributed by atoms with Crippen LogP contribution < -0.4 is 19.7 Å². The molecule has 0 aromatic heterocycles. The fourth-order valence-electron chi connectivity index (χ4n) is 4.07. The minimum absolute atomic E-state index is 0.114. The number of halogens is 1. The topological polar surface area (TPSA) is 67.9 Å². The zero-order valence-electron chi connectivity index (χ0n) is 18.1. The van der Waals surface area contributed by atoms with Crippen molar-refractivity contribution in [2.45, 2.75) is 13.8 Å². The Bertz CT molecular complexity index is 1310. The van der Waals surface area contributed by atoms with Crippen LogP contribution in [0.3, 0.4) is 0 Å². The first kappa shape index (κ1) is 20.8. The van der Waals surface area contributed by atoms with Crippen molar-refractivity contribution in [3.05, 3.63) is 88.9 Å². The van der Waals surface area contributed by atoms with Gasteiger partial charge in [0, 0.05) is 11.8 Å². The molecule has 1 N–H and O–H groups in total. The largest absolute Gasteiger partial charge is 0.486 e. The lowest BCUT2D eigenvalue weighted by Crippen LogP contribution is -2.33. The van der Waals surface area contributed by atoms with Gasteiger partial charge in [-0.15, -0.1) is 0 Å². The van der Waals surface area contributed by atoms with Crippen LogP contribution in [0, 0.1) is 19.7 Å². The Labute approximate surface area is 190 Å². The van der Waals surface area contributed by atoms with Crippen LogP contribution in [0.4, 0.5) is 15.8 Å². The number of benzene rings is 3. The van der Waals surface area contributed by atoms with E-state index in [0.29, 0.717) is 41.7 Å². The Hall–Kier alpha value is -4.13. The molecule has 2 aliphatic heterocycles. The Morgan fingerprint density at radius 1 is 0.848 bits per heavy atom. The molecule has 3 aromatic rings. The maximum Gasteiger partial charge on any atom is 0.282 e. The first-order valence-electron chi connectivity index (χ1n) is 10.6. The van der Waals surface area contributed by atoms with Gasteiger partial charge in [0.05, 0.1) is 11.3 Å². The number of carbonyl (C=O) groups is 2. The van der Waals surface area contributed by atoms with Gasteiger partial charge in [-0.25, -0.2) is 9.29 Å². The number of ether oxygens (including phenoxy) is 2. The lowest BCUT2D eigenvalue weighted by atomic mass is 10.0. The molecule has 0 unspecified atom stereocenters. The van der Waals surface area contributed by atoms with Crippen LogP contribution in [0.5, 0.6) is 11.5 Å². The number of aryl methyl sites for hydroxylation is 2. The van der Waals surface area contributed by atoms with Gasteiger partial charge in [0.2, 0.25) is 0 Å². The number of hydrogen-bond acceptors (Lipinski definition) is 5. The van der Waals surface area contributed by atoms with E-state index in [2.05, 4.69) is 5.32 Å². The third-order valence-electron chi connectivity index (χ3n) is 5.62. The van der Waals surface area contributed by atoms with Gasteiger partial charge >= 0.3 is 0 Å². The van der Waals surface area contributed by atoms with Gasteiger partial charge in [-0.2, -0.15) is 0 Å². The Morgan fingerprint density at radius 2 is 1.58 bits per heavy atom. The second-order valence-corrected chi connectivity index (χ2v) is 7.98. The summed E-state index contributed by atoms with van der Waals surface area (Å²) in [4.78, 5) is 28.3. The van der Waals surface area contributed by atoms with E-state index >= 15 is 0 Å². The summed E-state index contributed by atoms with van der Waals surface area (Å²) in [6, 6.07) is 16.3. The predicted molar refractivity (Wildman–Crippen MR) is 123 cm³/mol. The van der Waals surface area contributed by atoms with Crippen LogP contribution >= 0.6 is 0 Å². The normalized spacial score (nSPS) is 15.3. The average Bonchev–Trinajstić information content (AvgIpc) is 3.04. The summed E-state index contributed by atoms with van der Waals surface area (Å²) in [5.41, 5.74) is 3.64. The summed E-state index contributed by atoms with van der Waals surface area (Å²) >= 11 is 0. The van der Waals surface area contributed by atoms with Crippen molar-refractivity contribution in [3.8, 4) is 11.5 Å². The van der Waals surface area contributed by atoms with Crippen molar-refractivity contribution >= 4 is 28.8 Å². The number of hydrogen-bond donors (Lipinski definition) is 1. The number of fused-ring (bicyclic) bond motifs is 1. The molecular formula is C26H21FN2O4. The standard InChI is InChI=1S/C26H21FN2O4/c1-15-3-9-20(16(2)13-15)29-25(30)23(17-4-6-18(27)7-5-17)24(26(29)31)28-19-8-10-21-22(14-19)33-12-11-32-21/h3-10,13-14,28H,11-12H2,1-2H3. The molecule has 7 heteroatoms. The van der Waals surface area contributed by atoms with Crippen LogP contribution in [0.2, 0.25) is 0 Å². The first-order valence-corrected chi connectivity index (χ1v) is 10.6. The van der Waals surface area contributed by atoms with Crippen molar-refractivity contribution in [1.82, 2.24) is 0 Å². The molecule has 2 heterocycles. The highest BCUT2D eigenvalue weighted by molar-refractivity contribution is 6.46. The zero-order valence-corrected chi connectivity index (χ0v) is 18.1. The van der Waals surface area contributed by atoms with Crippen molar-refractivity contribution in [1.29, 1.82) is 0 Å². The van der Waals surface area contributed by atoms with Crippen LogP contribution in [0.25, 0.3) is 5.57 Å². The summed E-state index contributed by atoms with van der Waals surface area (Å²) in [6.07, 6.45) is 0. The molecule has 33 heavy (non-hydrogen) atoms. The van der Waals surface area contributed by atoms with Crippen molar-refractivity contribution in [2.75, 3.05) is 23.4 Å². The highest BCUT2D eigenvalue weighted by Crippen LogP contribution is 2.37. The molecule has 0 radical (unpaired) electrons. The molecule has 0 aliphatic carbocycles. The fourth-order valence-corrected chi connectivity index (χ4v) is 4.07.